The first-order valence-corrected chi connectivity index (χ1v) is 5.92. The van der Waals surface area contributed by atoms with E-state index in [1.807, 2.05) is 12.1 Å². The van der Waals surface area contributed by atoms with Gasteiger partial charge in [-0.1, -0.05) is 6.07 Å². The van der Waals surface area contributed by atoms with E-state index in [0.717, 1.165) is 17.9 Å². The quantitative estimate of drug-likeness (QED) is 0.792. The van der Waals surface area contributed by atoms with Crippen molar-refractivity contribution >= 4 is 0 Å². The second kappa shape index (κ2) is 5.87. The average Bonchev–Trinajstić information content (AvgIpc) is 3.18. The highest BCUT2D eigenvalue weighted by molar-refractivity contribution is 5.40. The number of alkyl halides is 1. The van der Waals surface area contributed by atoms with Crippen LogP contribution in [0, 0.1) is 0 Å². The van der Waals surface area contributed by atoms with Gasteiger partial charge in [0.1, 0.15) is 24.8 Å². The Labute approximate surface area is 101 Å². The molecular weight excluding hydrogens is 221 g/mol. The minimum Gasteiger partial charge on any atom is -0.497 e. The van der Waals surface area contributed by atoms with Crippen molar-refractivity contribution in [3.05, 3.63) is 23.8 Å². The molecule has 17 heavy (non-hydrogen) atoms. The summed E-state index contributed by atoms with van der Waals surface area (Å²) in [6.07, 6.45) is 2.49. The molecule has 0 saturated heterocycles. The van der Waals surface area contributed by atoms with Crippen molar-refractivity contribution in [3.8, 4) is 11.5 Å². The standard InChI is InChI=1S/C13H18FNO2/c1-16-12-5-2-10(9-15-11-3-4-11)13(8-12)17-7-6-14/h2,5,8,11,15H,3-4,6-7,9H2,1H3. The second-order valence-corrected chi connectivity index (χ2v) is 4.17. The molecule has 3 nitrogen and oxygen atoms in total. The van der Waals surface area contributed by atoms with Gasteiger partial charge in [-0.05, 0) is 18.9 Å². The van der Waals surface area contributed by atoms with Crippen molar-refractivity contribution in [2.24, 2.45) is 0 Å². The Morgan fingerprint density at radius 1 is 1.41 bits per heavy atom. The second-order valence-electron chi connectivity index (χ2n) is 4.17. The van der Waals surface area contributed by atoms with Gasteiger partial charge < -0.3 is 14.8 Å². The van der Waals surface area contributed by atoms with Crippen LogP contribution in [0.15, 0.2) is 18.2 Å². The summed E-state index contributed by atoms with van der Waals surface area (Å²) in [6, 6.07) is 6.30. The molecule has 1 N–H and O–H groups in total. The molecule has 0 aliphatic heterocycles. The van der Waals surface area contributed by atoms with Crippen LogP contribution < -0.4 is 14.8 Å². The minimum atomic E-state index is -0.479. The highest BCUT2D eigenvalue weighted by atomic mass is 19.1. The van der Waals surface area contributed by atoms with Crippen molar-refractivity contribution < 1.29 is 13.9 Å². The van der Waals surface area contributed by atoms with Crippen molar-refractivity contribution in [3.63, 3.8) is 0 Å². The zero-order valence-corrected chi connectivity index (χ0v) is 10.0. The molecule has 1 fully saturated rings. The molecule has 0 amide bonds. The van der Waals surface area contributed by atoms with Gasteiger partial charge in [-0.2, -0.15) is 0 Å². The van der Waals surface area contributed by atoms with Crippen LogP contribution >= 0.6 is 0 Å². The molecule has 0 radical (unpaired) electrons. The number of benzene rings is 1. The molecular formula is C13H18FNO2. The molecule has 1 saturated carbocycles. The van der Waals surface area contributed by atoms with E-state index >= 15 is 0 Å². The predicted molar refractivity (Wildman–Crippen MR) is 64.3 cm³/mol. The molecule has 4 heteroatoms. The maximum absolute atomic E-state index is 12.1. The Balaban J connectivity index is 2.03. The largest absolute Gasteiger partial charge is 0.497 e. The Morgan fingerprint density at radius 2 is 2.24 bits per heavy atom. The number of nitrogens with one attached hydrogen (secondary N) is 1. The number of halogens is 1. The zero-order valence-electron chi connectivity index (χ0n) is 10.0. The maximum atomic E-state index is 12.1. The molecule has 1 aromatic rings. The summed E-state index contributed by atoms with van der Waals surface area (Å²) in [5, 5.41) is 3.41. The summed E-state index contributed by atoms with van der Waals surface area (Å²) in [7, 11) is 1.61. The normalized spacial score (nSPS) is 14.7. The Bertz CT molecular complexity index is 366. The molecule has 0 atom stereocenters. The van der Waals surface area contributed by atoms with Gasteiger partial charge in [0.15, 0.2) is 0 Å². The van der Waals surface area contributed by atoms with E-state index in [2.05, 4.69) is 5.32 Å². The van der Waals surface area contributed by atoms with Crippen molar-refractivity contribution in [1.82, 2.24) is 5.32 Å². The lowest BCUT2D eigenvalue weighted by Crippen LogP contribution is -2.16. The zero-order chi connectivity index (χ0) is 12.1. The molecule has 0 heterocycles. The lowest BCUT2D eigenvalue weighted by atomic mass is 10.2. The van der Waals surface area contributed by atoms with Gasteiger partial charge in [-0.3, -0.25) is 0 Å². The number of hydrogen-bond donors (Lipinski definition) is 1. The highest BCUT2D eigenvalue weighted by Gasteiger charge is 2.20. The monoisotopic (exact) mass is 239 g/mol. The minimum absolute atomic E-state index is 0.0869. The van der Waals surface area contributed by atoms with Gasteiger partial charge >= 0.3 is 0 Å². The van der Waals surface area contributed by atoms with E-state index in [1.54, 1.807) is 13.2 Å². The van der Waals surface area contributed by atoms with Crippen LogP contribution in [0.25, 0.3) is 0 Å². The third-order valence-electron chi connectivity index (χ3n) is 2.77. The fourth-order valence-electron chi connectivity index (χ4n) is 1.63. The molecule has 1 aliphatic rings. The van der Waals surface area contributed by atoms with E-state index < -0.39 is 6.67 Å². The number of rotatable bonds is 7. The summed E-state index contributed by atoms with van der Waals surface area (Å²) >= 11 is 0. The van der Waals surface area contributed by atoms with Gasteiger partial charge in [0, 0.05) is 24.2 Å². The van der Waals surface area contributed by atoms with Gasteiger partial charge in [-0.15, -0.1) is 0 Å². The highest BCUT2D eigenvalue weighted by Crippen LogP contribution is 2.26. The molecule has 0 unspecified atom stereocenters. The van der Waals surface area contributed by atoms with Crippen LogP contribution in [0.2, 0.25) is 0 Å². The van der Waals surface area contributed by atoms with Crippen LogP contribution in [0.5, 0.6) is 11.5 Å². The Hall–Kier alpha value is -1.29. The summed E-state index contributed by atoms with van der Waals surface area (Å²) in [5.74, 6) is 1.43. The fraction of sp³-hybridized carbons (Fsp3) is 0.538. The first-order valence-electron chi connectivity index (χ1n) is 5.92. The lowest BCUT2D eigenvalue weighted by Gasteiger charge is -2.12. The van der Waals surface area contributed by atoms with Crippen LogP contribution in [0.4, 0.5) is 4.39 Å². The SMILES string of the molecule is COc1ccc(CNC2CC2)c(OCCF)c1. The molecule has 1 aliphatic carbocycles. The number of ether oxygens (including phenoxy) is 2. The summed E-state index contributed by atoms with van der Waals surface area (Å²) < 4.78 is 22.7. The Kier molecular flexibility index (Phi) is 4.20. The van der Waals surface area contributed by atoms with Crippen LogP contribution in [0.1, 0.15) is 18.4 Å². The van der Waals surface area contributed by atoms with E-state index in [1.165, 1.54) is 12.8 Å². The molecule has 2 rings (SSSR count). The average molecular weight is 239 g/mol. The molecule has 94 valence electrons. The van der Waals surface area contributed by atoms with Crippen molar-refractivity contribution in [2.75, 3.05) is 20.4 Å². The summed E-state index contributed by atoms with van der Waals surface area (Å²) in [5.41, 5.74) is 1.05. The van der Waals surface area contributed by atoms with E-state index in [-0.39, 0.29) is 6.61 Å². The fourth-order valence-corrected chi connectivity index (χ4v) is 1.63. The smallest absolute Gasteiger partial charge is 0.127 e. The number of hydrogen-bond acceptors (Lipinski definition) is 3. The third kappa shape index (κ3) is 3.60. The van der Waals surface area contributed by atoms with Crippen LogP contribution in [0.3, 0.4) is 0 Å². The maximum Gasteiger partial charge on any atom is 0.127 e. The van der Waals surface area contributed by atoms with Crippen molar-refractivity contribution in [2.45, 2.75) is 25.4 Å². The molecule has 0 aromatic heterocycles. The van der Waals surface area contributed by atoms with Gasteiger partial charge in [0.25, 0.3) is 0 Å². The molecule has 0 spiro atoms. The van der Waals surface area contributed by atoms with Crippen LogP contribution in [-0.2, 0) is 6.54 Å². The Morgan fingerprint density at radius 3 is 2.88 bits per heavy atom. The third-order valence-corrected chi connectivity index (χ3v) is 2.77. The number of methoxy groups -OCH3 is 1. The topological polar surface area (TPSA) is 30.5 Å². The predicted octanol–water partition coefficient (Wildman–Crippen LogP) is 2.30. The van der Waals surface area contributed by atoms with Gasteiger partial charge in [0.05, 0.1) is 7.11 Å². The molecule has 0 bridgehead atoms. The summed E-state index contributed by atoms with van der Waals surface area (Å²) in [4.78, 5) is 0. The van der Waals surface area contributed by atoms with Crippen LogP contribution in [-0.4, -0.2) is 26.4 Å². The lowest BCUT2D eigenvalue weighted by molar-refractivity contribution is 0.269. The molecule has 1 aromatic carbocycles. The summed E-state index contributed by atoms with van der Waals surface area (Å²) in [6.45, 7) is 0.368. The first kappa shape index (κ1) is 12.2. The van der Waals surface area contributed by atoms with E-state index in [4.69, 9.17) is 9.47 Å². The van der Waals surface area contributed by atoms with Gasteiger partial charge in [0.2, 0.25) is 0 Å². The van der Waals surface area contributed by atoms with E-state index in [0.29, 0.717) is 11.8 Å². The van der Waals surface area contributed by atoms with Crippen molar-refractivity contribution in [1.29, 1.82) is 0 Å². The van der Waals surface area contributed by atoms with E-state index in [9.17, 15) is 4.39 Å². The first-order chi connectivity index (χ1) is 8.33. The van der Waals surface area contributed by atoms with Gasteiger partial charge in [-0.25, -0.2) is 4.39 Å².